The number of halogens is 1. The number of rotatable bonds is 4. The molecule has 0 aromatic heterocycles. The molecule has 1 aliphatic rings. The first-order valence-electron chi connectivity index (χ1n) is 6.84. The summed E-state index contributed by atoms with van der Waals surface area (Å²) in [5.41, 5.74) is 4.80. The molecule has 1 aromatic rings. The van der Waals surface area contributed by atoms with Crippen LogP contribution in [-0.2, 0) is 4.74 Å². The van der Waals surface area contributed by atoms with Gasteiger partial charge < -0.3 is 15.8 Å². The third-order valence-electron chi connectivity index (χ3n) is 3.54. The Hall–Kier alpha value is -1.95. The van der Waals surface area contributed by atoms with E-state index in [1.165, 1.54) is 6.07 Å². The number of amides is 2. The fourth-order valence-corrected chi connectivity index (χ4v) is 2.39. The Labute approximate surface area is 122 Å². The van der Waals surface area contributed by atoms with Gasteiger partial charge in [-0.25, -0.2) is 4.39 Å². The zero-order valence-corrected chi connectivity index (χ0v) is 12.1. The van der Waals surface area contributed by atoms with Gasteiger partial charge in [0.05, 0.1) is 17.3 Å². The predicted octanol–water partition coefficient (Wildman–Crippen LogP) is 1.61. The molecule has 0 saturated carbocycles. The lowest BCUT2D eigenvalue weighted by Gasteiger charge is -2.19. The molecular weight excluding hydrogens is 275 g/mol. The molecule has 21 heavy (non-hydrogen) atoms. The Kier molecular flexibility index (Phi) is 4.27. The van der Waals surface area contributed by atoms with Crippen molar-refractivity contribution in [1.82, 2.24) is 5.32 Å². The third kappa shape index (κ3) is 3.78. The molecule has 1 saturated heterocycles. The van der Waals surface area contributed by atoms with Gasteiger partial charge in [0.1, 0.15) is 5.82 Å². The Bertz CT molecular complexity index is 572. The number of nitrogens with one attached hydrogen (secondary N) is 1. The molecule has 0 spiro atoms. The van der Waals surface area contributed by atoms with Gasteiger partial charge in [0.2, 0.25) is 0 Å². The van der Waals surface area contributed by atoms with E-state index in [9.17, 15) is 14.0 Å². The molecule has 2 rings (SSSR count). The van der Waals surface area contributed by atoms with E-state index in [-0.39, 0.29) is 28.7 Å². The van der Waals surface area contributed by atoms with Crippen molar-refractivity contribution < 1.29 is 18.7 Å². The van der Waals surface area contributed by atoms with Crippen LogP contribution in [-0.4, -0.2) is 30.1 Å². The van der Waals surface area contributed by atoms with Crippen molar-refractivity contribution in [3.05, 3.63) is 35.1 Å². The van der Waals surface area contributed by atoms with E-state index in [2.05, 4.69) is 5.32 Å². The number of carbonyl (C=O) groups excluding carboxylic acids is 2. The normalized spacial score (nSPS) is 20.2. The lowest BCUT2D eigenvalue weighted by molar-refractivity contribution is -0.0138. The first kappa shape index (κ1) is 15.4. The van der Waals surface area contributed by atoms with E-state index >= 15 is 0 Å². The van der Waals surface area contributed by atoms with Crippen LogP contribution >= 0.6 is 0 Å². The molecule has 1 atom stereocenters. The van der Waals surface area contributed by atoms with Crippen molar-refractivity contribution >= 4 is 11.8 Å². The first-order valence-corrected chi connectivity index (χ1v) is 6.84. The van der Waals surface area contributed by atoms with Gasteiger partial charge in [0, 0.05) is 12.1 Å². The van der Waals surface area contributed by atoms with E-state index in [1.807, 2.05) is 13.8 Å². The van der Waals surface area contributed by atoms with E-state index in [0.717, 1.165) is 25.0 Å². The summed E-state index contributed by atoms with van der Waals surface area (Å²) >= 11 is 0. The topological polar surface area (TPSA) is 81.4 Å². The van der Waals surface area contributed by atoms with Crippen molar-refractivity contribution in [1.29, 1.82) is 0 Å². The van der Waals surface area contributed by atoms with Crippen LogP contribution in [0.5, 0.6) is 0 Å². The van der Waals surface area contributed by atoms with Crippen molar-refractivity contribution in [2.75, 3.05) is 6.54 Å². The third-order valence-corrected chi connectivity index (χ3v) is 3.54. The number of primary amides is 1. The van der Waals surface area contributed by atoms with Crippen LogP contribution < -0.4 is 11.1 Å². The fraction of sp³-hybridized carbons (Fsp3) is 0.467. The number of hydrogen-bond acceptors (Lipinski definition) is 3. The Morgan fingerprint density at radius 3 is 2.76 bits per heavy atom. The van der Waals surface area contributed by atoms with Gasteiger partial charge in [0.25, 0.3) is 11.8 Å². The number of carbonyl (C=O) groups is 2. The van der Waals surface area contributed by atoms with Crippen molar-refractivity contribution in [3.63, 3.8) is 0 Å². The molecule has 0 unspecified atom stereocenters. The summed E-state index contributed by atoms with van der Waals surface area (Å²) in [5.74, 6) is -2.02. The van der Waals surface area contributed by atoms with Crippen LogP contribution in [0.25, 0.3) is 0 Å². The number of hydrogen-bond donors (Lipinski definition) is 2. The van der Waals surface area contributed by atoms with Gasteiger partial charge in [0.15, 0.2) is 0 Å². The van der Waals surface area contributed by atoms with Crippen LogP contribution in [0, 0.1) is 5.82 Å². The molecule has 3 N–H and O–H groups in total. The quantitative estimate of drug-likeness (QED) is 0.885. The molecule has 1 aliphatic heterocycles. The second kappa shape index (κ2) is 5.81. The minimum Gasteiger partial charge on any atom is -0.371 e. The Morgan fingerprint density at radius 2 is 2.19 bits per heavy atom. The van der Waals surface area contributed by atoms with Gasteiger partial charge in [-0.3, -0.25) is 9.59 Å². The highest BCUT2D eigenvalue weighted by Crippen LogP contribution is 2.28. The molecule has 2 amide bonds. The molecule has 6 heteroatoms. The summed E-state index contributed by atoms with van der Waals surface area (Å²) in [7, 11) is 0. The summed E-state index contributed by atoms with van der Waals surface area (Å²) in [6, 6.07) is 3.53. The van der Waals surface area contributed by atoms with Crippen LogP contribution in [0.2, 0.25) is 0 Å². The van der Waals surface area contributed by atoms with E-state index < -0.39 is 11.7 Å². The van der Waals surface area contributed by atoms with E-state index in [4.69, 9.17) is 10.5 Å². The zero-order chi connectivity index (χ0) is 15.6. The van der Waals surface area contributed by atoms with Gasteiger partial charge in [-0.05, 0) is 44.9 Å². The monoisotopic (exact) mass is 294 g/mol. The minimum atomic E-state index is -0.900. The molecular formula is C15H19FN2O3. The molecule has 5 nitrogen and oxygen atoms in total. The van der Waals surface area contributed by atoms with Gasteiger partial charge in [-0.15, -0.1) is 0 Å². The average Bonchev–Trinajstić information content (AvgIpc) is 2.75. The van der Waals surface area contributed by atoms with E-state index in [1.54, 1.807) is 0 Å². The molecule has 1 fully saturated rings. The lowest BCUT2D eigenvalue weighted by Crippen LogP contribution is -2.33. The Balaban J connectivity index is 1.98. The SMILES string of the molecule is CC1(C)CC[C@@H](CNC(=O)c2ccc(F)c(C(N)=O)c2)O1. The highest BCUT2D eigenvalue weighted by atomic mass is 19.1. The zero-order valence-electron chi connectivity index (χ0n) is 12.1. The highest BCUT2D eigenvalue weighted by Gasteiger charge is 2.31. The number of benzene rings is 1. The fourth-order valence-electron chi connectivity index (χ4n) is 2.39. The van der Waals surface area contributed by atoms with Gasteiger partial charge in [-0.1, -0.05) is 0 Å². The number of nitrogens with two attached hydrogens (primary N) is 1. The second-order valence-electron chi connectivity index (χ2n) is 5.81. The second-order valence-corrected chi connectivity index (χ2v) is 5.81. The lowest BCUT2D eigenvalue weighted by atomic mass is 10.1. The molecule has 0 bridgehead atoms. The van der Waals surface area contributed by atoms with Crippen molar-refractivity contribution in [2.45, 2.75) is 38.4 Å². The largest absolute Gasteiger partial charge is 0.371 e. The summed E-state index contributed by atoms with van der Waals surface area (Å²) in [6.45, 7) is 4.40. The molecule has 114 valence electrons. The van der Waals surface area contributed by atoms with Crippen LogP contribution in [0.4, 0.5) is 4.39 Å². The van der Waals surface area contributed by atoms with Crippen molar-refractivity contribution in [2.24, 2.45) is 5.73 Å². The van der Waals surface area contributed by atoms with Gasteiger partial charge in [-0.2, -0.15) is 0 Å². The standard InChI is InChI=1S/C15H19FN2O3/c1-15(2)6-5-10(21-15)8-18-14(20)9-3-4-12(16)11(7-9)13(17)19/h3-4,7,10H,5-6,8H2,1-2H3,(H2,17,19)(H,18,20)/t10-/m0/s1. The van der Waals surface area contributed by atoms with Crippen LogP contribution in [0.1, 0.15) is 47.4 Å². The summed E-state index contributed by atoms with van der Waals surface area (Å²) in [6.07, 6.45) is 1.79. The number of ether oxygens (including phenoxy) is 1. The van der Waals surface area contributed by atoms with Crippen LogP contribution in [0.15, 0.2) is 18.2 Å². The smallest absolute Gasteiger partial charge is 0.251 e. The maximum atomic E-state index is 13.3. The molecule has 1 heterocycles. The highest BCUT2D eigenvalue weighted by molar-refractivity contribution is 5.99. The summed E-state index contributed by atoms with van der Waals surface area (Å²) in [4.78, 5) is 23.1. The molecule has 1 aromatic carbocycles. The molecule has 0 radical (unpaired) electrons. The maximum absolute atomic E-state index is 13.3. The average molecular weight is 294 g/mol. The summed E-state index contributed by atoms with van der Waals surface area (Å²) < 4.78 is 19.1. The summed E-state index contributed by atoms with van der Waals surface area (Å²) in [5, 5.41) is 2.73. The minimum absolute atomic E-state index is 0.0278. The van der Waals surface area contributed by atoms with Gasteiger partial charge >= 0.3 is 0 Å². The van der Waals surface area contributed by atoms with Crippen LogP contribution in [0.3, 0.4) is 0 Å². The maximum Gasteiger partial charge on any atom is 0.251 e. The van der Waals surface area contributed by atoms with Crippen molar-refractivity contribution in [3.8, 4) is 0 Å². The first-order chi connectivity index (χ1) is 9.78. The predicted molar refractivity (Wildman–Crippen MR) is 75.4 cm³/mol. The van der Waals surface area contributed by atoms with E-state index in [0.29, 0.717) is 6.54 Å². The molecule has 0 aliphatic carbocycles. The Morgan fingerprint density at radius 1 is 1.48 bits per heavy atom.